The number of aliphatic hydroxyl groups is 1. The molecule has 0 unspecified atom stereocenters. The van der Waals surface area contributed by atoms with Crippen LogP contribution in [-0.2, 0) is 19.1 Å². The molecule has 0 bridgehead atoms. The second kappa shape index (κ2) is 18.4. The zero-order valence-electron chi connectivity index (χ0n) is 17.9. The minimum absolute atomic E-state index is 0.0222. The largest absolute Gasteiger partial charge is 0.479 e. The summed E-state index contributed by atoms with van der Waals surface area (Å²) >= 11 is 0. The third kappa shape index (κ3) is 15.9. The van der Waals surface area contributed by atoms with E-state index < -0.39 is 30.1 Å². The van der Waals surface area contributed by atoms with Crippen molar-refractivity contribution < 1.29 is 34.4 Å². The molecule has 0 fully saturated rings. The topological polar surface area (TPSA) is 121 Å². The molecule has 0 heterocycles. The van der Waals surface area contributed by atoms with Gasteiger partial charge in [0.25, 0.3) is 0 Å². The van der Waals surface area contributed by atoms with E-state index in [0.29, 0.717) is 6.42 Å². The van der Waals surface area contributed by atoms with E-state index in [-0.39, 0.29) is 6.42 Å². The van der Waals surface area contributed by atoms with E-state index in [1.165, 1.54) is 70.6 Å². The number of hydrogen-bond acceptors (Lipinski definition) is 5. The smallest absolute Gasteiger partial charge is 0.348 e. The van der Waals surface area contributed by atoms with Crippen LogP contribution in [0.25, 0.3) is 0 Å². The van der Waals surface area contributed by atoms with Crippen LogP contribution in [0.5, 0.6) is 0 Å². The number of carbonyl (C=O) groups is 3. The molecule has 0 aliphatic heterocycles. The normalized spacial score (nSPS) is 13.0. The van der Waals surface area contributed by atoms with Crippen molar-refractivity contribution in [3.8, 4) is 0 Å². The Kier molecular flexibility index (Phi) is 17.4. The Bertz CT molecular complexity index is 450. The van der Waals surface area contributed by atoms with Crippen LogP contribution in [0.15, 0.2) is 0 Å². The van der Waals surface area contributed by atoms with Gasteiger partial charge in [-0.3, -0.25) is 4.79 Å². The van der Waals surface area contributed by atoms with E-state index in [0.717, 1.165) is 19.3 Å². The van der Waals surface area contributed by atoms with Crippen molar-refractivity contribution in [1.29, 1.82) is 0 Å². The van der Waals surface area contributed by atoms with E-state index in [9.17, 15) is 19.5 Å². The maximum absolute atomic E-state index is 11.6. The summed E-state index contributed by atoms with van der Waals surface area (Å²) in [5.41, 5.74) is 0. The number of carboxylic acids is 2. The lowest BCUT2D eigenvalue weighted by Crippen LogP contribution is -2.42. The summed E-state index contributed by atoms with van der Waals surface area (Å²) in [6, 6.07) is 0. The second-order valence-electron chi connectivity index (χ2n) is 7.73. The second-order valence-corrected chi connectivity index (χ2v) is 7.73. The molecule has 3 N–H and O–H groups in total. The Hall–Kier alpha value is -1.63. The Morgan fingerprint density at radius 2 is 1.03 bits per heavy atom. The molecule has 0 radical (unpaired) electrons. The SMILES string of the molecule is CCCCCCCCCCCCCCCCCC(=O)O[C@@H](C(=O)O)[C@@H](O)C(=O)O. The summed E-state index contributed by atoms with van der Waals surface area (Å²) in [5.74, 6) is -4.21. The molecule has 170 valence electrons. The standard InChI is InChI=1S/C22H40O7/c1-2-3-4-5-6-7-8-9-10-11-12-13-14-15-16-17-18(23)29-20(22(27)28)19(24)21(25)26/h19-20,24H,2-17H2,1H3,(H,25,26)(H,27,28)/t19-,20-/m1/s1. The minimum Gasteiger partial charge on any atom is -0.479 e. The maximum atomic E-state index is 11.6. The number of aliphatic carboxylic acids is 2. The number of aliphatic hydroxyl groups excluding tert-OH is 1. The van der Waals surface area contributed by atoms with Crippen molar-refractivity contribution in [2.75, 3.05) is 0 Å². The molecule has 0 aliphatic carbocycles. The first kappa shape index (κ1) is 27.4. The highest BCUT2D eigenvalue weighted by atomic mass is 16.6. The first-order valence-electron chi connectivity index (χ1n) is 11.2. The average Bonchev–Trinajstić information content (AvgIpc) is 2.68. The van der Waals surface area contributed by atoms with Crippen molar-refractivity contribution >= 4 is 17.9 Å². The number of unbranched alkanes of at least 4 members (excludes halogenated alkanes) is 14. The van der Waals surface area contributed by atoms with Gasteiger partial charge in [-0.2, -0.15) is 0 Å². The zero-order chi connectivity index (χ0) is 21.9. The number of ether oxygens (including phenoxy) is 1. The number of carboxylic acid groups (broad SMARTS) is 2. The van der Waals surface area contributed by atoms with Gasteiger partial charge >= 0.3 is 17.9 Å². The average molecular weight is 417 g/mol. The molecule has 0 amide bonds. The van der Waals surface area contributed by atoms with Gasteiger partial charge in [0, 0.05) is 6.42 Å². The van der Waals surface area contributed by atoms with Gasteiger partial charge in [0.1, 0.15) is 0 Å². The summed E-state index contributed by atoms with van der Waals surface area (Å²) in [6.07, 6.45) is 13.7. The number of carbonyl (C=O) groups excluding carboxylic acids is 1. The number of esters is 1. The van der Waals surface area contributed by atoms with Crippen molar-refractivity contribution in [2.45, 2.75) is 122 Å². The molecular formula is C22H40O7. The van der Waals surface area contributed by atoms with Crippen LogP contribution in [0.1, 0.15) is 110 Å². The molecule has 7 heteroatoms. The number of rotatable bonds is 20. The molecule has 0 aromatic heterocycles. The Balaban J connectivity index is 3.53. The summed E-state index contributed by atoms with van der Waals surface area (Å²) in [4.78, 5) is 33.2. The third-order valence-corrected chi connectivity index (χ3v) is 5.03. The zero-order valence-corrected chi connectivity index (χ0v) is 17.9. The van der Waals surface area contributed by atoms with E-state index in [2.05, 4.69) is 11.7 Å². The monoisotopic (exact) mass is 416 g/mol. The van der Waals surface area contributed by atoms with Gasteiger partial charge in [0.05, 0.1) is 0 Å². The van der Waals surface area contributed by atoms with E-state index >= 15 is 0 Å². The fourth-order valence-corrected chi connectivity index (χ4v) is 3.22. The molecule has 0 aromatic rings. The van der Waals surface area contributed by atoms with E-state index in [1.807, 2.05) is 0 Å². The van der Waals surface area contributed by atoms with E-state index in [4.69, 9.17) is 10.2 Å². The number of hydrogen-bond donors (Lipinski definition) is 3. The molecular weight excluding hydrogens is 376 g/mol. The first-order chi connectivity index (χ1) is 13.9. The van der Waals surface area contributed by atoms with Crippen molar-refractivity contribution in [1.82, 2.24) is 0 Å². The third-order valence-electron chi connectivity index (χ3n) is 5.03. The van der Waals surface area contributed by atoms with Crippen LogP contribution < -0.4 is 0 Å². The summed E-state index contributed by atoms with van der Waals surface area (Å²) in [7, 11) is 0. The van der Waals surface area contributed by atoms with Crippen LogP contribution in [0, 0.1) is 0 Å². The lowest BCUT2D eigenvalue weighted by molar-refractivity contribution is -0.178. The minimum atomic E-state index is -2.27. The quantitative estimate of drug-likeness (QED) is 0.194. The highest BCUT2D eigenvalue weighted by molar-refractivity contribution is 5.85. The fourth-order valence-electron chi connectivity index (χ4n) is 3.22. The van der Waals surface area contributed by atoms with Gasteiger partial charge in [-0.05, 0) is 6.42 Å². The van der Waals surface area contributed by atoms with Crippen molar-refractivity contribution in [3.05, 3.63) is 0 Å². The molecule has 7 nitrogen and oxygen atoms in total. The lowest BCUT2D eigenvalue weighted by atomic mass is 10.0. The van der Waals surface area contributed by atoms with Crippen LogP contribution in [0.2, 0.25) is 0 Å². The van der Waals surface area contributed by atoms with Gasteiger partial charge in [0.2, 0.25) is 6.10 Å². The molecule has 0 saturated carbocycles. The summed E-state index contributed by atoms with van der Waals surface area (Å²) < 4.78 is 4.58. The Morgan fingerprint density at radius 1 is 0.655 bits per heavy atom. The van der Waals surface area contributed by atoms with Gasteiger partial charge in [-0.15, -0.1) is 0 Å². The van der Waals surface area contributed by atoms with Gasteiger partial charge in [-0.25, -0.2) is 9.59 Å². The molecule has 2 atom stereocenters. The molecule has 0 saturated heterocycles. The first-order valence-corrected chi connectivity index (χ1v) is 11.2. The van der Waals surface area contributed by atoms with Crippen molar-refractivity contribution in [3.63, 3.8) is 0 Å². The molecule has 0 spiro atoms. The van der Waals surface area contributed by atoms with Gasteiger partial charge < -0.3 is 20.1 Å². The molecule has 0 aliphatic rings. The van der Waals surface area contributed by atoms with Crippen molar-refractivity contribution in [2.24, 2.45) is 0 Å². The molecule has 0 rings (SSSR count). The van der Waals surface area contributed by atoms with Crippen LogP contribution in [0.4, 0.5) is 0 Å². The fraction of sp³-hybridized carbons (Fsp3) is 0.864. The highest BCUT2D eigenvalue weighted by Crippen LogP contribution is 2.14. The van der Waals surface area contributed by atoms with Gasteiger partial charge in [-0.1, -0.05) is 96.8 Å². The lowest BCUT2D eigenvalue weighted by Gasteiger charge is -2.16. The van der Waals surface area contributed by atoms with Gasteiger partial charge in [0.15, 0.2) is 6.10 Å². The molecule has 0 aromatic carbocycles. The predicted octanol–water partition coefficient (Wildman–Crippen LogP) is 4.69. The maximum Gasteiger partial charge on any atom is 0.348 e. The predicted molar refractivity (Wildman–Crippen MR) is 111 cm³/mol. The van der Waals surface area contributed by atoms with Crippen LogP contribution in [0.3, 0.4) is 0 Å². The van der Waals surface area contributed by atoms with Crippen LogP contribution >= 0.6 is 0 Å². The molecule has 29 heavy (non-hydrogen) atoms. The summed E-state index contributed by atoms with van der Waals surface area (Å²) in [5, 5.41) is 26.7. The highest BCUT2D eigenvalue weighted by Gasteiger charge is 2.35. The van der Waals surface area contributed by atoms with E-state index in [1.54, 1.807) is 0 Å². The Morgan fingerprint density at radius 3 is 1.38 bits per heavy atom. The Labute approximate surface area is 174 Å². The van der Waals surface area contributed by atoms with Crippen LogP contribution in [-0.4, -0.2) is 45.4 Å². The summed E-state index contributed by atoms with van der Waals surface area (Å²) in [6.45, 7) is 2.24.